The van der Waals surface area contributed by atoms with Crippen LogP contribution in [0.5, 0.6) is 0 Å². The molecule has 0 spiro atoms. The lowest BCUT2D eigenvalue weighted by Crippen LogP contribution is -2.40. The van der Waals surface area contributed by atoms with Gasteiger partial charge in [-0.15, -0.1) is 0 Å². The standard InChI is InChI=1S/C19H22N2O2/c1-19(2,3)21-18(23)16-11-7-10-15(12-16)17(22)20-13-14-8-5-4-6-9-14/h4-12H,13H2,1-3H3,(H,20,22)(H,21,23). The predicted molar refractivity (Wildman–Crippen MR) is 91.3 cm³/mol. The summed E-state index contributed by atoms with van der Waals surface area (Å²) in [5.74, 6) is -0.380. The van der Waals surface area contributed by atoms with Crippen molar-refractivity contribution in [3.05, 3.63) is 71.3 Å². The molecule has 0 radical (unpaired) electrons. The van der Waals surface area contributed by atoms with Crippen LogP contribution in [0.1, 0.15) is 47.1 Å². The molecule has 23 heavy (non-hydrogen) atoms. The zero-order valence-electron chi connectivity index (χ0n) is 13.7. The van der Waals surface area contributed by atoms with Crippen molar-refractivity contribution in [2.45, 2.75) is 32.9 Å². The average molecular weight is 310 g/mol. The molecule has 0 aromatic heterocycles. The van der Waals surface area contributed by atoms with E-state index in [4.69, 9.17) is 0 Å². The van der Waals surface area contributed by atoms with Crippen molar-refractivity contribution in [2.75, 3.05) is 0 Å². The van der Waals surface area contributed by atoms with E-state index in [-0.39, 0.29) is 17.4 Å². The Labute approximate surface area is 136 Å². The molecule has 0 bridgehead atoms. The molecule has 120 valence electrons. The van der Waals surface area contributed by atoms with Crippen LogP contribution >= 0.6 is 0 Å². The minimum atomic E-state index is -0.317. The van der Waals surface area contributed by atoms with Gasteiger partial charge in [-0.25, -0.2) is 0 Å². The molecule has 4 nitrogen and oxygen atoms in total. The maximum Gasteiger partial charge on any atom is 0.251 e. The van der Waals surface area contributed by atoms with Crippen molar-refractivity contribution in [3.8, 4) is 0 Å². The normalized spacial score (nSPS) is 10.9. The maximum absolute atomic E-state index is 12.2. The van der Waals surface area contributed by atoms with E-state index >= 15 is 0 Å². The minimum Gasteiger partial charge on any atom is -0.348 e. The minimum absolute atomic E-state index is 0.185. The number of hydrogen-bond donors (Lipinski definition) is 2. The number of rotatable bonds is 4. The second-order valence-electron chi connectivity index (χ2n) is 6.45. The van der Waals surface area contributed by atoms with Crippen molar-refractivity contribution in [1.82, 2.24) is 10.6 Å². The van der Waals surface area contributed by atoms with E-state index in [0.717, 1.165) is 5.56 Å². The van der Waals surface area contributed by atoms with Crippen LogP contribution in [0.25, 0.3) is 0 Å². The second-order valence-corrected chi connectivity index (χ2v) is 6.45. The lowest BCUT2D eigenvalue weighted by Gasteiger charge is -2.20. The second kappa shape index (κ2) is 7.09. The van der Waals surface area contributed by atoms with Crippen LogP contribution in [0.4, 0.5) is 0 Å². The van der Waals surface area contributed by atoms with Crippen molar-refractivity contribution < 1.29 is 9.59 Å². The molecule has 4 heteroatoms. The summed E-state index contributed by atoms with van der Waals surface area (Å²) in [6, 6.07) is 16.4. The molecule has 2 N–H and O–H groups in total. The smallest absolute Gasteiger partial charge is 0.251 e. The van der Waals surface area contributed by atoms with Crippen molar-refractivity contribution in [3.63, 3.8) is 0 Å². The fourth-order valence-corrected chi connectivity index (χ4v) is 2.09. The van der Waals surface area contributed by atoms with Gasteiger partial charge in [-0.05, 0) is 44.5 Å². The lowest BCUT2D eigenvalue weighted by molar-refractivity contribution is 0.0919. The molecule has 0 aliphatic rings. The Hall–Kier alpha value is -2.62. The third kappa shape index (κ3) is 5.25. The summed E-state index contributed by atoms with van der Waals surface area (Å²) in [7, 11) is 0. The number of benzene rings is 2. The molecule has 2 amide bonds. The predicted octanol–water partition coefficient (Wildman–Crippen LogP) is 3.14. The molecule has 2 aromatic rings. The van der Waals surface area contributed by atoms with Gasteiger partial charge in [-0.1, -0.05) is 36.4 Å². The summed E-state index contributed by atoms with van der Waals surface area (Å²) in [5, 5.41) is 5.75. The highest BCUT2D eigenvalue weighted by atomic mass is 16.2. The van der Waals surface area contributed by atoms with Crippen LogP contribution in [0.15, 0.2) is 54.6 Å². The van der Waals surface area contributed by atoms with Gasteiger partial charge in [0.2, 0.25) is 0 Å². The van der Waals surface area contributed by atoms with Gasteiger partial charge in [0.25, 0.3) is 11.8 Å². The van der Waals surface area contributed by atoms with Crippen LogP contribution in [0.3, 0.4) is 0 Å². The zero-order chi connectivity index (χ0) is 16.9. The number of carbonyl (C=O) groups is 2. The third-order valence-electron chi connectivity index (χ3n) is 3.17. The van der Waals surface area contributed by atoms with Gasteiger partial charge in [0, 0.05) is 23.2 Å². The van der Waals surface area contributed by atoms with Gasteiger partial charge >= 0.3 is 0 Å². The summed E-state index contributed by atoms with van der Waals surface area (Å²) in [4.78, 5) is 24.4. The largest absolute Gasteiger partial charge is 0.348 e. The van der Waals surface area contributed by atoms with Crippen LogP contribution in [0.2, 0.25) is 0 Å². The van der Waals surface area contributed by atoms with Crippen molar-refractivity contribution >= 4 is 11.8 Å². The monoisotopic (exact) mass is 310 g/mol. The first-order valence-corrected chi connectivity index (χ1v) is 7.60. The SMILES string of the molecule is CC(C)(C)NC(=O)c1cccc(C(=O)NCc2ccccc2)c1. The topological polar surface area (TPSA) is 58.2 Å². The molecular weight excluding hydrogens is 288 g/mol. The van der Waals surface area contributed by atoms with E-state index in [0.29, 0.717) is 17.7 Å². The molecule has 0 unspecified atom stereocenters. The van der Waals surface area contributed by atoms with E-state index in [2.05, 4.69) is 10.6 Å². The summed E-state index contributed by atoms with van der Waals surface area (Å²) in [6.45, 7) is 6.21. The van der Waals surface area contributed by atoms with Gasteiger partial charge in [-0.3, -0.25) is 9.59 Å². The van der Waals surface area contributed by atoms with E-state index in [1.807, 2.05) is 51.1 Å². The van der Waals surface area contributed by atoms with Crippen LogP contribution in [0, 0.1) is 0 Å². The van der Waals surface area contributed by atoms with Gasteiger partial charge in [0.15, 0.2) is 0 Å². The first kappa shape index (κ1) is 16.7. The fraction of sp³-hybridized carbons (Fsp3) is 0.263. The molecule has 0 saturated heterocycles. The molecule has 0 fully saturated rings. The van der Waals surface area contributed by atoms with E-state index in [9.17, 15) is 9.59 Å². The van der Waals surface area contributed by atoms with Gasteiger partial charge in [0.05, 0.1) is 0 Å². The Morgan fingerprint density at radius 2 is 1.48 bits per heavy atom. The Balaban J connectivity index is 2.04. The first-order chi connectivity index (χ1) is 10.8. The lowest BCUT2D eigenvalue weighted by atomic mass is 10.1. The molecule has 0 aliphatic heterocycles. The number of nitrogens with one attached hydrogen (secondary N) is 2. The van der Waals surface area contributed by atoms with Gasteiger partial charge < -0.3 is 10.6 Å². The Kier molecular flexibility index (Phi) is 5.16. The van der Waals surface area contributed by atoms with Crippen LogP contribution in [-0.4, -0.2) is 17.4 Å². The molecular formula is C19H22N2O2. The van der Waals surface area contributed by atoms with E-state index in [1.165, 1.54) is 0 Å². The Bertz CT molecular complexity index is 688. The molecule has 2 aromatic carbocycles. The van der Waals surface area contributed by atoms with Crippen molar-refractivity contribution in [2.24, 2.45) is 0 Å². The summed E-state index contributed by atoms with van der Waals surface area (Å²) >= 11 is 0. The summed E-state index contributed by atoms with van der Waals surface area (Å²) < 4.78 is 0. The highest BCUT2D eigenvalue weighted by molar-refractivity contribution is 5.99. The highest BCUT2D eigenvalue weighted by Crippen LogP contribution is 2.08. The molecule has 0 aliphatic carbocycles. The third-order valence-corrected chi connectivity index (χ3v) is 3.17. The molecule has 0 atom stereocenters. The molecule has 0 heterocycles. The quantitative estimate of drug-likeness (QED) is 0.911. The molecule has 0 saturated carbocycles. The highest BCUT2D eigenvalue weighted by Gasteiger charge is 2.16. The number of hydrogen-bond acceptors (Lipinski definition) is 2. The maximum atomic E-state index is 12.2. The summed E-state index contributed by atoms with van der Waals surface area (Å²) in [5.41, 5.74) is 1.67. The first-order valence-electron chi connectivity index (χ1n) is 7.60. The van der Waals surface area contributed by atoms with E-state index < -0.39 is 0 Å². The van der Waals surface area contributed by atoms with Crippen LogP contribution < -0.4 is 10.6 Å². The van der Waals surface area contributed by atoms with Crippen LogP contribution in [-0.2, 0) is 6.54 Å². The molecule has 2 rings (SSSR count). The Morgan fingerprint density at radius 3 is 2.09 bits per heavy atom. The fourth-order valence-electron chi connectivity index (χ4n) is 2.09. The van der Waals surface area contributed by atoms with Gasteiger partial charge in [0.1, 0.15) is 0 Å². The zero-order valence-corrected chi connectivity index (χ0v) is 13.7. The Morgan fingerprint density at radius 1 is 0.870 bits per heavy atom. The van der Waals surface area contributed by atoms with E-state index in [1.54, 1.807) is 24.3 Å². The average Bonchev–Trinajstić information content (AvgIpc) is 2.52. The van der Waals surface area contributed by atoms with Crippen molar-refractivity contribution in [1.29, 1.82) is 0 Å². The summed E-state index contributed by atoms with van der Waals surface area (Å²) in [6.07, 6.45) is 0. The van der Waals surface area contributed by atoms with Gasteiger partial charge in [-0.2, -0.15) is 0 Å². The number of carbonyl (C=O) groups excluding carboxylic acids is 2. The number of amides is 2.